The van der Waals surface area contributed by atoms with Crippen LogP contribution in [0.5, 0.6) is 11.5 Å². The fraction of sp³-hybridized carbons (Fsp3) is 0.319. The monoisotopic (exact) mass is 780 g/mol. The van der Waals surface area contributed by atoms with Crippen molar-refractivity contribution in [2.75, 3.05) is 50.0 Å². The molecule has 0 bridgehead atoms. The molecule has 4 aromatic carbocycles. The number of benzene rings is 4. The number of halogens is 1. The fourth-order valence-electron chi connectivity index (χ4n) is 7.38. The lowest BCUT2D eigenvalue weighted by Gasteiger charge is -2.33. The maximum Gasteiger partial charge on any atom is 0.159 e. The normalized spacial score (nSPS) is 14.9. The first-order chi connectivity index (χ1) is 28.5. The predicted molar refractivity (Wildman–Crippen MR) is 231 cm³/mol. The van der Waals surface area contributed by atoms with Crippen LogP contribution >= 0.6 is 0 Å². The van der Waals surface area contributed by atoms with Crippen LogP contribution < -0.4 is 25.4 Å². The van der Waals surface area contributed by atoms with Gasteiger partial charge in [0, 0.05) is 42.8 Å². The molecule has 3 N–H and O–H groups in total. The van der Waals surface area contributed by atoms with Gasteiger partial charge in [-0.05, 0) is 88.0 Å². The lowest BCUT2D eigenvalue weighted by atomic mass is 9.99. The Balaban J connectivity index is 0.000000224. The van der Waals surface area contributed by atoms with Crippen LogP contribution in [0.15, 0.2) is 122 Å². The number of hydrogen-bond donors (Lipinski definition) is 3. The third-order valence-corrected chi connectivity index (χ3v) is 10.3. The Kier molecular flexibility index (Phi) is 14.2. The number of ether oxygens (including phenoxy) is 2. The van der Waals surface area contributed by atoms with E-state index in [0.717, 1.165) is 121 Å². The number of anilines is 2. The van der Waals surface area contributed by atoms with Crippen molar-refractivity contribution in [2.24, 2.45) is 0 Å². The van der Waals surface area contributed by atoms with E-state index in [2.05, 4.69) is 52.9 Å². The molecular weight excluding hydrogens is 728 g/mol. The Bertz CT molecular complexity index is 2100. The van der Waals surface area contributed by atoms with Crippen LogP contribution in [0.25, 0.3) is 33.9 Å². The molecule has 4 heterocycles. The van der Waals surface area contributed by atoms with Crippen LogP contribution in [-0.4, -0.2) is 76.3 Å². The number of rotatable bonds is 13. The fourth-order valence-corrected chi connectivity index (χ4v) is 7.38. The number of nitrogens with one attached hydrogen (secondary N) is 3. The summed E-state index contributed by atoms with van der Waals surface area (Å²) in [5.41, 5.74) is 6.91. The maximum atomic E-state index is 13.6. The third-order valence-electron chi connectivity index (χ3n) is 10.3. The largest absolute Gasteiger partial charge is 0.493 e. The molecule has 0 aliphatic carbocycles. The van der Waals surface area contributed by atoms with Crippen molar-refractivity contribution in [1.29, 1.82) is 0 Å². The highest BCUT2D eigenvalue weighted by atomic mass is 19.1. The molecule has 300 valence electrons. The average Bonchev–Trinajstić information content (AvgIpc) is 3.27. The first-order valence-electron chi connectivity index (χ1n) is 20.4. The van der Waals surface area contributed by atoms with E-state index < -0.39 is 0 Å². The number of hydrogen-bond acceptors (Lipinski definition) is 10. The second kappa shape index (κ2) is 20.5. The van der Waals surface area contributed by atoms with Gasteiger partial charge >= 0.3 is 0 Å². The molecule has 11 heteroatoms. The minimum absolute atomic E-state index is 0.263. The summed E-state index contributed by atoms with van der Waals surface area (Å²) in [4.78, 5) is 20.4. The molecule has 0 amide bonds. The van der Waals surface area contributed by atoms with Crippen molar-refractivity contribution in [3.8, 4) is 45.4 Å². The Morgan fingerprint density at radius 1 is 0.621 bits per heavy atom. The van der Waals surface area contributed by atoms with Crippen LogP contribution in [0, 0.1) is 5.82 Å². The van der Waals surface area contributed by atoms with Crippen molar-refractivity contribution in [3.63, 3.8) is 0 Å². The number of nitrogens with zero attached hydrogens (tertiary/aromatic N) is 5. The second-order valence-corrected chi connectivity index (χ2v) is 14.5. The second-order valence-electron chi connectivity index (χ2n) is 14.5. The van der Waals surface area contributed by atoms with Gasteiger partial charge in [-0.25, -0.2) is 24.3 Å². The van der Waals surface area contributed by atoms with Crippen molar-refractivity contribution in [3.05, 3.63) is 133 Å². The summed E-state index contributed by atoms with van der Waals surface area (Å²) >= 11 is 0. The van der Waals surface area contributed by atoms with Gasteiger partial charge in [0.2, 0.25) is 0 Å². The van der Waals surface area contributed by atoms with Gasteiger partial charge in [0.15, 0.2) is 11.6 Å². The number of piperidine rings is 2. The lowest BCUT2D eigenvalue weighted by Crippen LogP contribution is -2.38. The highest BCUT2D eigenvalue weighted by Gasteiger charge is 2.22. The zero-order valence-electron chi connectivity index (χ0n) is 33.4. The molecule has 2 saturated heterocycles. The molecule has 8 rings (SSSR count). The summed E-state index contributed by atoms with van der Waals surface area (Å²) in [6.45, 7) is 9.96. The third kappa shape index (κ3) is 11.1. The van der Waals surface area contributed by atoms with Gasteiger partial charge < -0.3 is 25.4 Å². The van der Waals surface area contributed by atoms with Crippen LogP contribution in [0.4, 0.5) is 15.8 Å². The zero-order valence-corrected chi connectivity index (χ0v) is 33.4. The van der Waals surface area contributed by atoms with Gasteiger partial charge in [0.25, 0.3) is 0 Å². The molecule has 6 aromatic rings. The van der Waals surface area contributed by atoms with E-state index in [1.807, 2.05) is 99.3 Å². The Morgan fingerprint density at radius 3 is 1.55 bits per heavy atom. The minimum Gasteiger partial charge on any atom is -0.493 e. The average molecular weight is 781 g/mol. The minimum atomic E-state index is -0.263. The van der Waals surface area contributed by atoms with Gasteiger partial charge in [0.1, 0.15) is 17.3 Å². The van der Waals surface area contributed by atoms with E-state index in [0.29, 0.717) is 25.3 Å². The summed E-state index contributed by atoms with van der Waals surface area (Å²) in [7, 11) is 0. The van der Waals surface area contributed by atoms with Crippen LogP contribution in [-0.2, 0) is 6.54 Å². The van der Waals surface area contributed by atoms with Crippen LogP contribution in [0.2, 0.25) is 0 Å². The molecule has 2 fully saturated rings. The van der Waals surface area contributed by atoms with Crippen molar-refractivity contribution in [1.82, 2.24) is 30.2 Å². The topological polar surface area (TPSA) is 109 Å². The van der Waals surface area contributed by atoms with Crippen molar-refractivity contribution in [2.45, 2.75) is 58.2 Å². The van der Waals surface area contributed by atoms with Gasteiger partial charge in [-0.3, -0.25) is 4.90 Å². The smallest absolute Gasteiger partial charge is 0.159 e. The number of aromatic nitrogens is 4. The first-order valence-corrected chi connectivity index (χ1v) is 20.4. The molecule has 2 aliphatic rings. The van der Waals surface area contributed by atoms with Gasteiger partial charge in [-0.1, -0.05) is 72.8 Å². The van der Waals surface area contributed by atoms with Gasteiger partial charge in [-0.2, -0.15) is 0 Å². The van der Waals surface area contributed by atoms with Crippen molar-refractivity contribution < 1.29 is 13.9 Å². The Hall–Kier alpha value is -5.91. The summed E-state index contributed by atoms with van der Waals surface area (Å²) in [5, 5.41) is 10.5. The lowest BCUT2D eigenvalue weighted by molar-refractivity contribution is 0.210. The highest BCUT2D eigenvalue weighted by Crippen LogP contribution is 2.40. The standard InChI is InChI=1S/C32H35FN4O2.C15H18N4/c1-3-38-29-18-23(19-30(39-4-2)31(29)24-10-12-26(33)13-11-24)22-37-16-14-27(15-17-37)36-28-20-34-32(35-21-28)25-8-6-5-7-9-25;1-2-4-12(5-3-1)15-17-10-14(11-18-15)19-13-6-8-16-9-7-13/h5-13,18-21,27,36H,3-4,14-17,22H2,1-2H3;1-5,10-11,13,16,19H,6-9H2. The summed E-state index contributed by atoms with van der Waals surface area (Å²) in [5.74, 6) is 2.78. The van der Waals surface area contributed by atoms with E-state index in [1.54, 1.807) is 12.1 Å². The Labute approximate surface area is 341 Å². The molecule has 0 spiro atoms. The predicted octanol–water partition coefficient (Wildman–Crippen LogP) is 9.13. The SMILES string of the molecule is CCOc1cc(CN2CCC(Nc3cnc(-c4ccccc4)nc3)CC2)cc(OCC)c1-c1ccc(F)cc1.c1ccc(-c2ncc(NC3CCNCC3)cn2)cc1. The Morgan fingerprint density at radius 2 is 1.09 bits per heavy atom. The number of likely N-dealkylation sites (tertiary alicyclic amines) is 1. The van der Waals surface area contributed by atoms with Crippen LogP contribution in [0.1, 0.15) is 45.1 Å². The molecule has 0 atom stereocenters. The quantitative estimate of drug-likeness (QED) is 0.105. The molecule has 2 aliphatic heterocycles. The molecule has 0 saturated carbocycles. The van der Waals surface area contributed by atoms with E-state index in [4.69, 9.17) is 9.47 Å². The van der Waals surface area contributed by atoms with E-state index in [9.17, 15) is 4.39 Å². The molecule has 10 nitrogen and oxygen atoms in total. The van der Waals surface area contributed by atoms with Crippen LogP contribution in [0.3, 0.4) is 0 Å². The van der Waals surface area contributed by atoms with Gasteiger partial charge in [0.05, 0.1) is 54.9 Å². The summed E-state index contributed by atoms with van der Waals surface area (Å²) < 4.78 is 25.7. The summed E-state index contributed by atoms with van der Waals surface area (Å²) in [6, 6.07) is 31.6. The molecule has 0 unspecified atom stereocenters. The molecule has 0 radical (unpaired) electrons. The molecule has 58 heavy (non-hydrogen) atoms. The summed E-state index contributed by atoms with van der Waals surface area (Å²) in [6.07, 6.45) is 11.9. The highest BCUT2D eigenvalue weighted by molar-refractivity contribution is 5.77. The zero-order chi connectivity index (χ0) is 39.9. The van der Waals surface area contributed by atoms with E-state index in [1.165, 1.54) is 12.1 Å². The van der Waals surface area contributed by atoms with Crippen molar-refractivity contribution >= 4 is 11.4 Å². The maximum absolute atomic E-state index is 13.6. The molecular formula is C47H53FN8O2. The molecule has 2 aromatic heterocycles. The van der Waals surface area contributed by atoms with E-state index in [-0.39, 0.29) is 5.82 Å². The van der Waals surface area contributed by atoms with Gasteiger partial charge in [-0.15, -0.1) is 0 Å². The van der Waals surface area contributed by atoms with E-state index >= 15 is 0 Å². The first kappa shape index (κ1) is 40.3.